The lowest BCUT2D eigenvalue weighted by Gasteiger charge is -2.54. The molecule has 0 heterocycles. The predicted molar refractivity (Wildman–Crippen MR) is 81.2 cm³/mol. The van der Waals surface area contributed by atoms with Crippen molar-refractivity contribution < 1.29 is 0 Å². The molecule has 0 aliphatic heterocycles. The highest BCUT2D eigenvalue weighted by molar-refractivity contribution is 7.99. The smallest absolute Gasteiger partial charge is 0.0126 e. The van der Waals surface area contributed by atoms with Crippen LogP contribution in [0.4, 0.5) is 0 Å². The second kappa shape index (κ2) is 5.75. The summed E-state index contributed by atoms with van der Waals surface area (Å²) in [6.45, 7) is 0. The maximum absolute atomic E-state index is 4.05. The van der Waals surface area contributed by atoms with Gasteiger partial charge >= 0.3 is 0 Å². The topological polar surface area (TPSA) is 12.0 Å². The first-order valence-electron chi connectivity index (χ1n) is 8.11. The van der Waals surface area contributed by atoms with E-state index < -0.39 is 0 Å². The Morgan fingerprint density at radius 2 is 1.61 bits per heavy atom. The van der Waals surface area contributed by atoms with Crippen LogP contribution in [0.3, 0.4) is 0 Å². The lowest BCUT2D eigenvalue weighted by Crippen LogP contribution is -2.57. The molecule has 3 rings (SSSR count). The molecule has 3 fully saturated rings. The van der Waals surface area contributed by atoms with Gasteiger partial charge < -0.3 is 5.32 Å². The minimum atomic E-state index is 0.745. The molecule has 0 aromatic rings. The van der Waals surface area contributed by atoms with Gasteiger partial charge in [0.05, 0.1) is 0 Å². The van der Waals surface area contributed by atoms with E-state index in [0.29, 0.717) is 0 Å². The molecule has 3 aliphatic rings. The molecule has 0 aromatic heterocycles. The van der Waals surface area contributed by atoms with Gasteiger partial charge in [0.15, 0.2) is 0 Å². The summed E-state index contributed by atoms with van der Waals surface area (Å²) in [5.74, 6) is 0. The van der Waals surface area contributed by atoms with E-state index in [-0.39, 0.29) is 0 Å². The molecule has 0 radical (unpaired) electrons. The molecule has 3 aliphatic carbocycles. The predicted octanol–water partition coefficient (Wildman–Crippen LogP) is 4.36. The fourth-order valence-corrected chi connectivity index (χ4v) is 5.30. The van der Waals surface area contributed by atoms with Crippen LogP contribution in [0.5, 0.6) is 0 Å². The average Bonchev–Trinajstić information content (AvgIpc) is 2.45. The van der Waals surface area contributed by atoms with Gasteiger partial charge in [-0.15, -0.1) is 0 Å². The van der Waals surface area contributed by atoms with Crippen molar-refractivity contribution in [2.24, 2.45) is 5.41 Å². The first-order chi connectivity index (χ1) is 8.82. The SMILES string of the molecule is CSC1CCC(NC2CCC23CCCCC3)CC1. The van der Waals surface area contributed by atoms with Crippen molar-refractivity contribution in [3.63, 3.8) is 0 Å². The first kappa shape index (κ1) is 13.3. The van der Waals surface area contributed by atoms with Crippen LogP contribution in [0.15, 0.2) is 0 Å². The quantitative estimate of drug-likeness (QED) is 0.815. The molecular formula is C16H29NS. The van der Waals surface area contributed by atoms with Crippen molar-refractivity contribution in [1.29, 1.82) is 0 Å². The van der Waals surface area contributed by atoms with Crippen molar-refractivity contribution in [2.45, 2.75) is 88.0 Å². The van der Waals surface area contributed by atoms with Crippen LogP contribution in [0.1, 0.15) is 70.6 Å². The Bertz CT molecular complexity index is 264. The second-order valence-corrected chi connectivity index (χ2v) is 8.03. The first-order valence-corrected chi connectivity index (χ1v) is 9.40. The molecule has 104 valence electrons. The summed E-state index contributed by atoms with van der Waals surface area (Å²) in [5.41, 5.74) is 0.745. The maximum Gasteiger partial charge on any atom is 0.0126 e. The lowest BCUT2D eigenvalue weighted by molar-refractivity contribution is 0.0138. The van der Waals surface area contributed by atoms with E-state index in [9.17, 15) is 0 Å². The maximum atomic E-state index is 4.05. The summed E-state index contributed by atoms with van der Waals surface area (Å²) >= 11 is 2.08. The summed E-state index contributed by atoms with van der Waals surface area (Å²) in [5, 5.41) is 5.00. The van der Waals surface area contributed by atoms with E-state index in [4.69, 9.17) is 0 Å². The van der Waals surface area contributed by atoms with Gasteiger partial charge in [0, 0.05) is 17.3 Å². The Balaban J connectivity index is 1.48. The van der Waals surface area contributed by atoms with Gasteiger partial charge in [-0.3, -0.25) is 0 Å². The normalized spacial score (nSPS) is 39.5. The summed E-state index contributed by atoms with van der Waals surface area (Å²) < 4.78 is 0. The molecule has 0 amide bonds. The monoisotopic (exact) mass is 267 g/mol. The van der Waals surface area contributed by atoms with Gasteiger partial charge in [-0.05, 0) is 63.0 Å². The van der Waals surface area contributed by atoms with Gasteiger partial charge in [-0.2, -0.15) is 11.8 Å². The lowest BCUT2D eigenvalue weighted by atomic mass is 9.57. The summed E-state index contributed by atoms with van der Waals surface area (Å²) in [4.78, 5) is 0. The van der Waals surface area contributed by atoms with E-state index in [1.807, 2.05) is 0 Å². The van der Waals surface area contributed by atoms with Crippen molar-refractivity contribution in [3.8, 4) is 0 Å². The van der Waals surface area contributed by atoms with Crippen molar-refractivity contribution in [3.05, 3.63) is 0 Å². The van der Waals surface area contributed by atoms with Gasteiger partial charge in [0.2, 0.25) is 0 Å². The fraction of sp³-hybridized carbons (Fsp3) is 1.00. The third-order valence-corrected chi connectivity index (χ3v) is 7.10. The molecule has 0 bridgehead atoms. The van der Waals surface area contributed by atoms with E-state index in [1.54, 1.807) is 0 Å². The van der Waals surface area contributed by atoms with E-state index in [2.05, 4.69) is 23.3 Å². The van der Waals surface area contributed by atoms with Crippen LogP contribution in [-0.2, 0) is 0 Å². The third kappa shape index (κ3) is 2.60. The fourth-order valence-electron chi connectivity index (χ4n) is 4.56. The molecule has 1 nitrogen and oxygen atoms in total. The number of thioether (sulfide) groups is 1. The van der Waals surface area contributed by atoms with E-state index >= 15 is 0 Å². The van der Waals surface area contributed by atoms with Gasteiger partial charge in [-0.25, -0.2) is 0 Å². The Labute approximate surface area is 117 Å². The Morgan fingerprint density at radius 1 is 0.889 bits per heavy atom. The number of hydrogen-bond acceptors (Lipinski definition) is 2. The molecule has 2 heteroatoms. The van der Waals surface area contributed by atoms with Crippen LogP contribution in [0, 0.1) is 5.41 Å². The Morgan fingerprint density at radius 3 is 2.17 bits per heavy atom. The van der Waals surface area contributed by atoms with Crippen LogP contribution in [0.25, 0.3) is 0 Å². The Hall–Kier alpha value is 0.310. The molecule has 1 N–H and O–H groups in total. The molecular weight excluding hydrogens is 238 g/mol. The van der Waals surface area contributed by atoms with Crippen molar-refractivity contribution in [2.75, 3.05) is 6.26 Å². The van der Waals surface area contributed by atoms with Crippen molar-refractivity contribution >= 4 is 11.8 Å². The molecule has 1 atom stereocenters. The molecule has 1 unspecified atom stereocenters. The zero-order valence-electron chi connectivity index (χ0n) is 11.9. The summed E-state index contributed by atoms with van der Waals surface area (Å²) in [6, 6.07) is 1.73. The van der Waals surface area contributed by atoms with Crippen LogP contribution >= 0.6 is 11.8 Å². The largest absolute Gasteiger partial charge is 0.311 e. The van der Waals surface area contributed by atoms with Crippen molar-refractivity contribution in [1.82, 2.24) is 5.32 Å². The summed E-state index contributed by atoms with van der Waals surface area (Å²) in [6.07, 6.45) is 18.5. The van der Waals surface area contributed by atoms with Gasteiger partial charge in [0.25, 0.3) is 0 Å². The summed E-state index contributed by atoms with van der Waals surface area (Å²) in [7, 11) is 0. The van der Waals surface area contributed by atoms with E-state index in [1.165, 1.54) is 70.6 Å². The number of nitrogens with one attached hydrogen (secondary N) is 1. The van der Waals surface area contributed by atoms with E-state index in [0.717, 1.165) is 22.7 Å². The highest BCUT2D eigenvalue weighted by atomic mass is 32.2. The van der Waals surface area contributed by atoms with Gasteiger partial charge in [0.1, 0.15) is 0 Å². The average molecular weight is 267 g/mol. The Kier molecular flexibility index (Phi) is 4.25. The molecule has 3 saturated carbocycles. The van der Waals surface area contributed by atoms with Gasteiger partial charge in [-0.1, -0.05) is 19.3 Å². The standard InChI is InChI=1S/C16H29NS/c1-18-14-7-5-13(6-8-14)17-15-9-12-16(15)10-3-2-4-11-16/h13-15,17H,2-12H2,1H3. The molecule has 1 spiro atoms. The third-order valence-electron chi connectivity index (χ3n) is 5.96. The van der Waals surface area contributed by atoms with Crippen LogP contribution in [-0.4, -0.2) is 23.6 Å². The van der Waals surface area contributed by atoms with Crippen LogP contribution < -0.4 is 5.32 Å². The zero-order valence-corrected chi connectivity index (χ0v) is 12.7. The minimum Gasteiger partial charge on any atom is -0.311 e. The molecule has 18 heavy (non-hydrogen) atoms. The highest BCUT2D eigenvalue weighted by Crippen LogP contribution is 2.52. The minimum absolute atomic E-state index is 0.745. The number of rotatable bonds is 3. The van der Waals surface area contributed by atoms with Crippen LogP contribution in [0.2, 0.25) is 0 Å². The zero-order chi connectivity index (χ0) is 12.4. The number of hydrogen-bond donors (Lipinski definition) is 1. The second-order valence-electron chi connectivity index (χ2n) is 6.89. The molecule has 0 aromatic carbocycles. The highest BCUT2D eigenvalue weighted by Gasteiger charge is 2.47. The molecule has 0 saturated heterocycles.